The molecule has 0 aliphatic carbocycles. The molecule has 57 heavy (non-hydrogen) atoms. The largest absolute Gasteiger partial charge is 0.481 e. The summed E-state index contributed by atoms with van der Waals surface area (Å²) in [5.41, 5.74) is 0. The van der Waals surface area contributed by atoms with Gasteiger partial charge in [0.05, 0.1) is 19.3 Å². The summed E-state index contributed by atoms with van der Waals surface area (Å²) in [5.74, 6) is -1.21. The maximum atomic E-state index is 12.6. The molecule has 0 radical (unpaired) electrons. The van der Waals surface area contributed by atoms with E-state index in [2.05, 4.69) is 38.2 Å². The van der Waals surface area contributed by atoms with E-state index in [1.54, 1.807) is 0 Å². The van der Waals surface area contributed by atoms with E-state index in [4.69, 9.17) is 19.3 Å². The summed E-state index contributed by atoms with van der Waals surface area (Å²) in [7, 11) is 0. The molecule has 0 spiro atoms. The molecule has 0 fully saturated rings. The Morgan fingerprint density at radius 1 is 0.456 bits per heavy atom. The SMILES string of the molecule is CCCCCCC(O)C/C=C\CCCCCCCC(=O)OCCCCCC(=O)OC(C/C=C\CCCCCCCC(=O)OCCCCCC(=O)O)CCCCCC. The maximum Gasteiger partial charge on any atom is 0.306 e. The van der Waals surface area contributed by atoms with Crippen molar-refractivity contribution in [2.75, 3.05) is 13.2 Å². The highest BCUT2D eigenvalue weighted by Crippen LogP contribution is 2.16. The number of carboxylic acids is 1. The zero-order valence-corrected chi connectivity index (χ0v) is 36.7. The molecule has 0 aromatic rings. The van der Waals surface area contributed by atoms with Crippen LogP contribution >= 0.6 is 0 Å². The van der Waals surface area contributed by atoms with Gasteiger partial charge < -0.3 is 24.4 Å². The number of unbranched alkanes of at least 4 members (excludes halogenated alkanes) is 20. The van der Waals surface area contributed by atoms with Crippen LogP contribution in [0.25, 0.3) is 0 Å². The van der Waals surface area contributed by atoms with Gasteiger partial charge in [0.2, 0.25) is 0 Å². The van der Waals surface area contributed by atoms with Crippen LogP contribution < -0.4 is 0 Å². The number of carbonyl (C=O) groups excluding carboxylic acids is 3. The highest BCUT2D eigenvalue weighted by atomic mass is 16.5. The van der Waals surface area contributed by atoms with Crippen molar-refractivity contribution in [2.24, 2.45) is 0 Å². The lowest BCUT2D eigenvalue weighted by Gasteiger charge is -2.16. The number of carboxylic acid groups (broad SMARTS) is 1. The van der Waals surface area contributed by atoms with Crippen LogP contribution in [0.2, 0.25) is 0 Å². The minimum absolute atomic E-state index is 0.0809. The van der Waals surface area contributed by atoms with Crippen molar-refractivity contribution in [3.8, 4) is 0 Å². The standard InChI is InChI=1S/C48H86O9/c1-3-5-7-23-33-43(49)34-24-17-13-9-11-15-19-28-39-47(53)56-42-32-22-30-40-48(54)57-44(35-25-8-6-4-2)36-26-18-14-10-12-16-20-29-38-46(52)55-41-31-21-27-37-45(50)51/h17-18,24,26,43-44,49H,3-16,19-23,25,27-42H2,1-2H3,(H,50,51)/b24-17-,26-18-. The summed E-state index contributed by atoms with van der Waals surface area (Å²) < 4.78 is 16.5. The van der Waals surface area contributed by atoms with Crippen LogP contribution in [0.1, 0.15) is 232 Å². The number of allylic oxidation sites excluding steroid dienone is 2. The van der Waals surface area contributed by atoms with Crippen molar-refractivity contribution >= 4 is 23.9 Å². The van der Waals surface area contributed by atoms with Gasteiger partial charge in [0.25, 0.3) is 0 Å². The van der Waals surface area contributed by atoms with Crippen LogP contribution in [-0.4, -0.2) is 59.5 Å². The Hall–Kier alpha value is -2.68. The normalized spacial score (nSPS) is 12.6. The first kappa shape index (κ1) is 54.3. The molecule has 0 aromatic carbocycles. The predicted octanol–water partition coefficient (Wildman–Crippen LogP) is 12.8. The van der Waals surface area contributed by atoms with Crippen molar-refractivity contribution in [1.29, 1.82) is 0 Å². The molecule has 2 atom stereocenters. The summed E-state index contributed by atoms with van der Waals surface area (Å²) in [6, 6.07) is 0. The molecule has 2 N–H and O–H groups in total. The van der Waals surface area contributed by atoms with Gasteiger partial charge in [0, 0.05) is 32.1 Å². The molecule has 0 saturated heterocycles. The second kappa shape index (κ2) is 42.9. The van der Waals surface area contributed by atoms with Crippen LogP contribution in [0.4, 0.5) is 0 Å². The fraction of sp³-hybridized carbons (Fsp3) is 0.833. The van der Waals surface area contributed by atoms with E-state index in [0.717, 1.165) is 148 Å². The van der Waals surface area contributed by atoms with Crippen molar-refractivity contribution in [3.63, 3.8) is 0 Å². The van der Waals surface area contributed by atoms with Gasteiger partial charge in [-0.05, 0) is 103 Å². The zero-order valence-electron chi connectivity index (χ0n) is 36.7. The van der Waals surface area contributed by atoms with Crippen LogP contribution in [0.15, 0.2) is 24.3 Å². The van der Waals surface area contributed by atoms with Crippen molar-refractivity contribution in [2.45, 2.75) is 244 Å². The first-order chi connectivity index (χ1) is 27.8. The van der Waals surface area contributed by atoms with Crippen LogP contribution in [0.5, 0.6) is 0 Å². The number of aliphatic hydroxyl groups is 1. The highest BCUT2D eigenvalue weighted by molar-refractivity contribution is 5.70. The number of hydrogen-bond donors (Lipinski definition) is 2. The number of rotatable bonds is 43. The Morgan fingerprint density at radius 2 is 0.877 bits per heavy atom. The van der Waals surface area contributed by atoms with Gasteiger partial charge in [-0.15, -0.1) is 0 Å². The molecular formula is C48H86O9. The number of carbonyl (C=O) groups is 4. The monoisotopic (exact) mass is 807 g/mol. The Balaban J connectivity index is 3.92. The molecule has 9 nitrogen and oxygen atoms in total. The second-order valence-electron chi connectivity index (χ2n) is 15.9. The Labute approximate surface area is 348 Å². The average Bonchev–Trinajstić information content (AvgIpc) is 3.18. The van der Waals surface area contributed by atoms with Gasteiger partial charge in [0.1, 0.15) is 6.10 Å². The molecule has 0 aromatic heterocycles. The summed E-state index contributed by atoms with van der Waals surface area (Å²) in [6.07, 6.45) is 39.5. The smallest absolute Gasteiger partial charge is 0.306 e. The lowest BCUT2D eigenvalue weighted by Crippen LogP contribution is -2.17. The van der Waals surface area contributed by atoms with E-state index in [1.807, 2.05) is 0 Å². The number of aliphatic hydroxyl groups excluding tert-OH is 1. The minimum Gasteiger partial charge on any atom is -0.481 e. The fourth-order valence-electron chi connectivity index (χ4n) is 6.67. The van der Waals surface area contributed by atoms with E-state index in [9.17, 15) is 24.3 Å². The molecule has 2 unspecified atom stereocenters. The first-order valence-corrected chi connectivity index (χ1v) is 23.5. The van der Waals surface area contributed by atoms with E-state index < -0.39 is 5.97 Å². The van der Waals surface area contributed by atoms with E-state index >= 15 is 0 Å². The number of ether oxygens (including phenoxy) is 3. The number of esters is 3. The molecule has 0 aliphatic rings. The highest BCUT2D eigenvalue weighted by Gasteiger charge is 2.13. The topological polar surface area (TPSA) is 136 Å². The Bertz CT molecular complexity index is 1010. The van der Waals surface area contributed by atoms with E-state index in [0.29, 0.717) is 45.3 Å². The lowest BCUT2D eigenvalue weighted by atomic mass is 10.1. The molecule has 0 saturated carbocycles. The predicted molar refractivity (Wildman–Crippen MR) is 232 cm³/mol. The van der Waals surface area contributed by atoms with E-state index in [-0.39, 0.29) is 36.5 Å². The van der Waals surface area contributed by atoms with Crippen LogP contribution in [0.3, 0.4) is 0 Å². The van der Waals surface area contributed by atoms with Gasteiger partial charge in [-0.1, -0.05) is 122 Å². The van der Waals surface area contributed by atoms with Crippen molar-refractivity contribution < 1.29 is 43.6 Å². The molecule has 0 rings (SSSR count). The van der Waals surface area contributed by atoms with Gasteiger partial charge in [-0.25, -0.2) is 0 Å². The molecule has 0 bridgehead atoms. The third kappa shape index (κ3) is 42.7. The summed E-state index contributed by atoms with van der Waals surface area (Å²) in [6.45, 7) is 5.18. The minimum atomic E-state index is -0.787. The number of hydrogen-bond acceptors (Lipinski definition) is 8. The Kier molecular flexibility index (Phi) is 40.9. The zero-order chi connectivity index (χ0) is 41.9. The van der Waals surface area contributed by atoms with Gasteiger partial charge in [-0.3, -0.25) is 19.2 Å². The molecule has 0 heterocycles. The molecule has 0 aliphatic heterocycles. The van der Waals surface area contributed by atoms with Gasteiger partial charge in [0.15, 0.2) is 0 Å². The number of aliphatic carboxylic acids is 1. The quantitative estimate of drug-likeness (QED) is 0.0267. The lowest BCUT2D eigenvalue weighted by molar-refractivity contribution is -0.150. The summed E-state index contributed by atoms with van der Waals surface area (Å²) in [4.78, 5) is 47.1. The molecular weight excluding hydrogens is 721 g/mol. The third-order valence-corrected chi connectivity index (χ3v) is 10.3. The molecule has 332 valence electrons. The van der Waals surface area contributed by atoms with E-state index in [1.165, 1.54) is 32.1 Å². The van der Waals surface area contributed by atoms with Crippen molar-refractivity contribution in [1.82, 2.24) is 0 Å². The summed E-state index contributed by atoms with van der Waals surface area (Å²) >= 11 is 0. The first-order valence-electron chi connectivity index (χ1n) is 23.5. The van der Waals surface area contributed by atoms with Gasteiger partial charge in [-0.2, -0.15) is 0 Å². The molecule has 9 heteroatoms. The summed E-state index contributed by atoms with van der Waals surface area (Å²) in [5, 5.41) is 18.7. The van der Waals surface area contributed by atoms with Crippen LogP contribution in [0, 0.1) is 0 Å². The fourth-order valence-corrected chi connectivity index (χ4v) is 6.67. The maximum absolute atomic E-state index is 12.6. The third-order valence-electron chi connectivity index (χ3n) is 10.3. The molecule has 0 amide bonds. The Morgan fingerprint density at radius 3 is 1.40 bits per heavy atom. The van der Waals surface area contributed by atoms with Crippen LogP contribution in [-0.2, 0) is 33.4 Å². The average molecular weight is 807 g/mol. The van der Waals surface area contributed by atoms with Gasteiger partial charge >= 0.3 is 23.9 Å². The second-order valence-corrected chi connectivity index (χ2v) is 15.9. The van der Waals surface area contributed by atoms with Crippen molar-refractivity contribution in [3.05, 3.63) is 24.3 Å².